The monoisotopic (exact) mass is 317 g/mol. The van der Waals surface area contributed by atoms with Gasteiger partial charge < -0.3 is 10.2 Å². The van der Waals surface area contributed by atoms with E-state index in [2.05, 4.69) is 25.6 Å². The molecule has 114 valence electrons. The van der Waals surface area contributed by atoms with Gasteiger partial charge in [0.2, 0.25) is 17.8 Å². The van der Waals surface area contributed by atoms with Crippen molar-refractivity contribution in [3.63, 3.8) is 0 Å². The van der Waals surface area contributed by atoms with E-state index in [0.717, 1.165) is 18.8 Å². The standard InChI is InChI=1S/C14H16ClN7/c1-3-22(4-2)14-20-12(17-9-16)19-13(21-14)18-11-7-5-10(15)6-8-11/h5-8H,3-4H2,1-2H3,(H2,17,18,19,20,21). The highest BCUT2D eigenvalue weighted by atomic mass is 35.5. The molecule has 1 aromatic heterocycles. The number of halogens is 1. The summed E-state index contributed by atoms with van der Waals surface area (Å²) in [5.41, 5.74) is 0.795. The van der Waals surface area contributed by atoms with E-state index in [4.69, 9.17) is 16.9 Å². The number of aromatic nitrogens is 3. The molecule has 2 rings (SSSR count). The smallest absolute Gasteiger partial charge is 0.242 e. The van der Waals surface area contributed by atoms with Crippen LogP contribution >= 0.6 is 11.6 Å². The minimum absolute atomic E-state index is 0.205. The lowest BCUT2D eigenvalue weighted by molar-refractivity contribution is 0.816. The van der Waals surface area contributed by atoms with Crippen LogP contribution < -0.4 is 15.5 Å². The van der Waals surface area contributed by atoms with Gasteiger partial charge in [0.15, 0.2) is 6.19 Å². The molecular weight excluding hydrogens is 302 g/mol. The summed E-state index contributed by atoms with van der Waals surface area (Å²) in [6.45, 7) is 5.54. The molecule has 2 N–H and O–H groups in total. The summed E-state index contributed by atoms with van der Waals surface area (Å²) in [5.74, 6) is 1.07. The highest BCUT2D eigenvalue weighted by Gasteiger charge is 2.11. The number of anilines is 4. The fourth-order valence-electron chi connectivity index (χ4n) is 1.84. The molecule has 0 aliphatic carbocycles. The number of nitrogens with one attached hydrogen (secondary N) is 2. The zero-order valence-electron chi connectivity index (χ0n) is 12.3. The third-order valence-corrected chi connectivity index (χ3v) is 3.19. The van der Waals surface area contributed by atoms with Gasteiger partial charge in [-0.3, -0.25) is 5.32 Å². The van der Waals surface area contributed by atoms with Crippen molar-refractivity contribution in [1.29, 1.82) is 5.26 Å². The fraction of sp³-hybridized carbons (Fsp3) is 0.286. The molecule has 0 saturated heterocycles. The summed E-state index contributed by atoms with van der Waals surface area (Å²) >= 11 is 5.86. The average Bonchev–Trinajstić information content (AvgIpc) is 2.51. The number of rotatable bonds is 6. The number of nitrogens with zero attached hydrogens (tertiary/aromatic N) is 5. The van der Waals surface area contributed by atoms with E-state index in [1.54, 1.807) is 12.1 Å². The van der Waals surface area contributed by atoms with Crippen LogP contribution in [-0.2, 0) is 0 Å². The Bertz CT molecular complexity index is 662. The first-order valence-electron chi connectivity index (χ1n) is 6.85. The highest BCUT2D eigenvalue weighted by molar-refractivity contribution is 6.30. The summed E-state index contributed by atoms with van der Waals surface area (Å²) in [4.78, 5) is 14.8. The largest absolute Gasteiger partial charge is 0.341 e. The fourth-order valence-corrected chi connectivity index (χ4v) is 1.96. The predicted octanol–water partition coefficient (Wildman–Crippen LogP) is 3.01. The Morgan fingerprint density at radius 3 is 2.32 bits per heavy atom. The highest BCUT2D eigenvalue weighted by Crippen LogP contribution is 2.19. The van der Waals surface area contributed by atoms with E-state index >= 15 is 0 Å². The molecule has 0 spiro atoms. The van der Waals surface area contributed by atoms with Crippen LogP contribution in [0, 0.1) is 11.5 Å². The van der Waals surface area contributed by atoms with Gasteiger partial charge in [0.05, 0.1) is 0 Å². The van der Waals surface area contributed by atoms with Crippen LogP contribution in [-0.4, -0.2) is 28.0 Å². The summed E-state index contributed by atoms with van der Waals surface area (Å²) in [5, 5.41) is 14.9. The average molecular weight is 318 g/mol. The van der Waals surface area contributed by atoms with Crippen LogP contribution in [0.1, 0.15) is 13.8 Å². The minimum Gasteiger partial charge on any atom is -0.341 e. The minimum atomic E-state index is 0.205. The quantitative estimate of drug-likeness (QED) is 0.625. The van der Waals surface area contributed by atoms with Crippen molar-refractivity contribution in [3.8, 4) is 6.19 Å². The molecule has 0 amide bonds. The summed E-state index contributed by atoms with van der Waals surface area (Å²) in [6, 6.07) is 7.18. The van der Waals surface area contributed by atoms with Crippen LogP contribution in [0.2, 0.25) is 5.02 Å². The molecule has 0 radical (unpaired) electrons. The zero-order chi connectivity index (χ0) is 15.9. The molecule has 22 heavy (non-hydrogen) atoms. The van der Waals surface area contributed by atoms with E-state index < -0.39 is 0 Å². The molecule has 0 bridgehead atoms. The van der Waals surface area contributed by atoms with Crippen molar-refractivity contribution < 1.29 is 0 Å². The Balaban J connectivity index is 2.33. The molecule has 0 aliphatic rings. The summed E-state index contributed by atoms with van der Waals surface area (Å²) in [6.07, 6.45) is 1.82. The first kappa shape index (κ1) is 15.8. The molecule has 7 nitrogen and oxygen atoms in total. The Labute approximate surface area is 134 Å². The van der Waals surface area contributed by atoms with Gasteiger partial charge in [-0.1, -0.05) is 11.6 Å². The Morgan fingerprint density at radius 2 is 1.73 bits per heavy atom. The Kier molecular flexibility index (Phi) is 5.33. The normalized spacial score (nSPS) is 9.91. The molecule has 0 fully saturated rings. The van der Waals surface area contributed by atoms with Crippen molar-refractivity contribution in [3.05, 3.63) is 29.3 Å². The van der Waals surface area contributed by atoms with Crippen LogP contribution in [0.3, 0.4) is 0 Å². The summed E-state index contributed by atoms with van der Waals surface area (Å²) < 4.78 is 0. The molecule has 1 heterocycles. The van der Waals surface area contributed by atoms with Gasteiger partial charge >= 0.3 is 0 Å². The lowest BCUT2D eigenvalue weighted by atomic mass is 10.3. The van der Waals surface area contributed by atoms with Gasteiger partial charge in [-0.05, 0) is 38.1 Å². The Morgan fingerprint density at radius 1 is 1.09 bits per heavy atom. The second-order valence-electron chi connectivity index (χ2n) is 4.32. The number of benzene rings is 1. The number of nitriles is 1. The third-order valence-electron chi connectivity index (χ3n) is 2.94. The van der Waals surface area contributed by atoms with Crippen molar-refractivity contribution in [2.24, 2.45) is 0 Å². The number of hydrogen-bond donors (Lipinski definition) is 2. The van der Waals surface area contributed by atoms with Crippen molar-refractivity contribution in [2.45, 2.75) is 13.8 Å². The van der Waals surface area contributed by atoms with Gasteiger partial charge in [0, 0.05) is 23.8 Å². The van der Waals surface area contributed by atoms with Gasteiger partial charge in [-0.2, -0.15) is 20.2 Å². The number of hydrogen-bond acceptors (Lipinski definition) is 7. The van der Waals surface area contributed by atoms with Crippen LogP contribution in [0.5, 0.6) is 0 Å². The first-order chi connectivity index (χ1) is 10.7. The maximum absolute atomic E-state index is 8.76. The van der Waals surface area contributed by atoms with Gasteiger partial charge in [0.1, 0.15) is 0 Å². The second kappa shape index (κ2) is 7.43. The van der Waals surface area contributed by atoms with Gasteiger partial charge in [-0.25, -0.2) is 0 Å². The van der Waals surface area contributed by atoms with Crippen LogP contribution in [0.4, 0.5) is 23.5 Å². The first-order valence-corrected chi connectivity index (χ1v) is 7.22. The zero-order valence-corrected chi connectivity index (χ0v) is 13.1. The lowest BCUT2D eigenvalue weighted by Gasteiger charge is -2.19. The summed E-state index contributed by atoms with van der Waals surface area (Å²) in [7, 11) is 0. The maximum atomic E-state index is 8.76. The van der Waals surface area contributed by atoms with Crippen LogP contribution in [0.15, 0.2) is 24.3 Å². The van der Waals surface area contributed by atoms with Crippen molar-refractivity contribution >= 4 is 35.1 Å². The van der Waals surface area contributed by atoms with E-state index in [1.165, 1.54) is 0 Å². The molecule has 0 unspecified atom stereocenters. The van der Waals surface area contributed by atoms with Crippen molar-refractivity contribution in [1.82, 2.24) is 15.0 Å². The molecule has 1 aromatic carbocycles. The van der Waals surface area contributed by atoms with E-state index in [-0.39, 0.29) is 5.95 Å². The lowest BCUT2D eigenvalue weighted by Crippen LogP contribution is -2.25. The second-order valence-corrected chi connectivity index (χ2v) is 4.76. The van der Waals surface area contributed by atoms with Gasteiger partial charge in [0.25, 0.3) is 0 Å². The van der Waals surface area contributed by atoms with E-state index in [1.807, 2.05) is 37.1 Å². The molecule has 2 aromatic rings. The molecule has 8 heteroatoms. The van der Waals surface area contributed by atoms with Crippen LogP contribution in [0.25, 0.3) is 0 Å². The van der Waals surface area contributed by atoms with Crippen molar-refractivity contribution in [2.75, 3.05) is 28.6 Å². The molecule has 0 saturated carbocycles. The predicted molar refractivity (Wildman–Crippen MR) is 87.4 cm³/mol. The SMILES string of the molecule is CCN(CC)c1nc(NC#N)nc(Nc2ccc(Cl)cc2)n1. The van der Waals surface area contributed by atoms with E-state index in [9.17, 15) is 0 Å². The topological polar surface area (TPSA) is 89.8 Å². The molecular formula is C14H16ClN7. The van der Waals surface area contributed by atoms with E-state index in [0.29, 0.717) is 16.9 Å². The maximum Gasteiger partial charge on any atom is 0.242 e. The van der Waals surface area contributed by atoms with Gasteiger partial charge in [-0.15, -0.1) is 0 Å². The molecule has 0 atom stereocenters. The molecule has 0 aliphatic heterocycles. The third kappa shape index (κ3) is 3.96. The Hall–Kier alpha value is -2.59.